The molecule has 0 saturated heterocycles. The van der Waals surface area contributed by atoms with Crippen molar-refractivity contribution in [2.24, 2.45) is 0 Å². The fourth-order valence-electron chi connectivity index (χ4n) is 13.4. The van der Waals surface area contributed by atoms with E-state index in [2.05, 4.69) is 275 Å². The summed E-state index contributed by atoms with van der Waals surface area (Å²) in [6.07, 6.45) is 1.99. The molecule has 3 nitrogen and oxygen atoms in total. The van der Waals surface area contributed by atoms with Gasteiger partial charge in [0.1, 0.15) is 0 Å². The number of aryl methyl sites for hydroxylation is 1. The van der Waals surface area contributed by atoms with E-state index in [4.69, 9.17) is 0 Å². The predicted octanol–water partition coefficient (Wildman–Crippen LogP) is 15.3. The van der Waals surface area contributed by atoms with Crippen LogP contribution in [0.3, 0.4) is 0 Å². The Labute approximate surface area is 421 Å². The molecule has 0 aromatic heterocycles. The number of hydrogen-bond donors (Lipinski definition) is 0. The van der Waals surface area contributed by atoms with Crippen molar-refractivity contribution >= 4 is 68.6 Å². The molecule has 2 unspecified atom stereocenters. The lowest BCUT2D eigenvalue weighted by molar-refractivity contribution is 0.270. The van der Waals surface area contributed by atoms with Gasteiger partial charge in [-0.15, -0.1) is 0 Å². The van der Waals surface area contributed by atoms with Crippen LogP contribution in [0.4, 0.5) is 45.5 Å². The van der Waals surface area contributed by atoms with E-state index in [1.807, 2.05) is 0 Å². The molecule has 71 heavy (non-hydrogen) atoms. The normalized spacial score (nSPS) is 18.5. The van der Waals surface area contributed by atoms with Gasteiger partial charge in [0.25, 0.3) is 6.71 Å². The Morgan fingerprint density at radius 1 is 0.437 bits per heavy atom. The molecule has 0 amide bonds. The molecule has 0 radical (unpaired) electrons. The second-order valence-electron chi connectivity index (χ2n) is 22.6. The molecule has 0 N–H and O–H groups in total. The lowest BCUT2D eigenvalue weighted by atomic mass is 9.33. The van der Waals surface area contributed by atoms with E-state index in [1.165, 1.54) is 101 Å². The quantitative estimate of drug-likeness (QED) is 0.159. The molecule has 2 atom stereocenters. The molecule has 4 heteroatoms. The monoisotopic (exact) mass is 917 g/mol. The predicted molar refractivity (Wildman–Crippen MR) is 301 cm³/mol. The van der Waals surface area contributed by atoms with E-state index in [1.54, 1.807) is 0 Å². The van der Waals surface area contributed by atoms with Crippen LogP contribution in [0.5, 0.6) is 0 Å². The van der Waals surface area contributed by atoms with Crippen LogP contribution in [0, 0.1) is 0 Å². The van der Waals surface area contributed by atoms with Gasteiger partial charge in [-0.25, -0.2) is 0 Å². The van der Waals surface area contributed by atoms with Crippen molar-refractivity contribution in [3.8, 4) is 11.1 Å². The molecule has 9 aromatic carbocycles. The fourth-order valence-corrected chi connectivity index (χ4v) is 13.4. The number of benzene rings is 9. The standard InChI is InChI=1S/C67H60BN3/c1-64(2,3)48-35-37-57(52(41-48)45-23-11-8-12-24-45)70-60-34-22-20-32-56(60)68-55-31-19-21-33-59(55)69(50-28-15-10-16-29-50)61-43-51(44-62(70)63(61)68)71-58-38-36-49(65(4,5)6)42-54(58)67(47-26-13-9-14-27-47)40-39-46-25-17-18-30-53(46)66(67,71)7/h8-38,41-44H,39-40H2,1-7H3. The SMILES string of the molecule is CC(C)(C)c1ccc(N2c3ccccc3B3c4ccccc4N(c4ccccc4)c4cc(N5c6ccc(C(C)(C)C)cc6C6(c7ccccc7)CCc7ccccc7C56C)cc2c43)c(-c2ccccc2)c1. The van der Waals surface area contributed by atoms with Gasteiger partial charge < -0.3 is 14.7 Å². The highest BCUT2D eigenvalue weighted by atomic mass is 15.3. The van der Waals surface area contributed by atoms with E-state index in [-0.39, 0.29) is 23.0 Å². The van der Waals surface area contributed by atoms with Crippen LogP contribution < -0.4 is 31.1 Å². The summed E-state index contributed by atoms with van der Waals surface area (Å²) < 4.78 is 0. The zero-order chi connectivity index (χ0) is 48.4. The van der Waals surface area contributed by atoms with Gasteiger partial charge >= 0.3 is 0 Å². The largest absolute Gasteiger partial charge is 0.330 e. The first kappa shape index (κ1) is 43.5. The summed E-state index contributed by atoms with van der Waals surface area (Å²) in [6.45, 7) is 16.6. The van der Waals surface area contributed by atoms with Crippen LogP contribution in [0.1, 0.15) is 88.3 Å². The first-order chi connectivity index (χ1) is 34.4. The van der Waals surface area contributed by atoms with E-state index >= 15 is 0 Å². The molecular formula is C67H60BN3. The van der Waals surface area contributed by atoms with Crippen molar-refractivity contribution in [1.82, 2.24) is 0 Å². The van der Waals surface area contributed by atoms with Gasteiger partial charge in [0, 0.05) is 45.4 Å². The van der Waals surface area contributed by atoms with Crippen molar-refractivity contribution < 1.29 is 0 Å². The zero-order valence-corrected chi connectivity index (χ0v) is 42.0. The number of anilines is 8. The van der Waals surface area contributed by atoms with Crippen molar-refractivity contribution in [3.63, 3.8) is 0 Å². The van der Waals surface area contributed by atoms with Gasteiger partial charge in [0.2, 0.25) is 0 Å². The van der Waals surface area contributed by atoms with Gasteiger partial charge in [0.05, 0.1) is 16.6 Å². The van der Waals surface area contributed by atoms with E-state index < -0.39 is 5.54 Å². The topological polar surface area (TPSA) is 9.72 Å². The smallest absolute Gasteiger partial charge is 0.252 e. The molecule has 0 fully saturated rings. The summed E-state index contributed by atoms with van der Waals surface area (Å²) in [7, 11) is 0. The number of nitrogens with zero attached hydrogens (tertiary/aromatic N) is 3. The van der Waals surface area contributed by atoms with Crippen molar-refractivity contribution in [2.45, 2.75) is 83.1 Å². The molecule has 3 heterocycles. The van der Waals surface area contributed by atoms with Gasteiger partial charge in [-0.05, 0) is 141 Å². The van der Waals surface area contributed by atoms with Crippen LogP contribution in [-0.2, 0) is 28.2 Å². The molecule has 3 aliphatic heterocycles. The molecule has 0 spiro atoms. The summed E-state index contributed by atoms with van der Waals surface area (Å²) in [5.74, 6) is 0. The van der Waals surface area contributed by atoms with E-state index in [0.717, 1.165) is 18.5 Å². The third-order valence-electron chi connectivity index (χ3n) is 16.7. The Hall–Kier alpha value is -7.56. The third-order valence-corrected chi connectivity index (χ3v) is 16.7. The molecule has 346 valence electrons. The van der Waals surface area contributed by atoms with Crippen molar-refractivity contribution in [2.75, 3.05) is 14.7 Å². The van der Waals surface area contributed by atoms with Crippen LogP contribution in [0.15, 0.2) is 212 Å². The van der Waals surface area contributed by atoms with Crippen LogP contribution in [0.2, 0.25) is 0 Å². The third kappa shape index (κ3) is 6.29. The lowest BCUT2D eigenvalue weighted by Crippen LogP contribution is -2.61. The minimum atomic E-state index is -0.520. The molecule has 13 rings (SSSR count). The maximum atomic E-state index is 2.79. The first-order valence-electron chi connectivity index (χ1n) is 25.7. The Morgan fingerprint density at radius 2 is 0.972 bits per heavy atom. The lowest BCUT2D eigenvalue weighted by Gasteiger charge is -2.53. The van der Waals surface area contributed by atoms with Crippen LogP contribution >= 0.6 is 0 Å². The minimum Gasteiger partial charge on any atom is -0.330 e. The number of rotatable bonds is 5. The summed E-state index contributed by atoms with van der Waals surface area (Å²) in [5.41, 5.74) is 23.3. The van der Waals surface area contributed by atoms with Gasteiger partial charge in [-0.3, -0.25) is 0 Å². The second-order valence-corrected chi connectivity index (χ2v) is 22.6. The zero-order valence-electron chi connectivity index (χ0n) is 42.0. The summed E-state index contributed by atoms with van der Waals surface area (Å²) in [5, 5.41) is 0. The van der Waals surface area contributed by atoms with Gasteiger partial charge in [-0.1, -0.05) is 199 Å². The molecular weight excluding hydrogens is 858 g/mol. The maximum absolute atomic E-state index is 2.79. The first-order valence-corrected chi connectivity index (χ1v) is 25.7. The number of fused-ring (bicyclic) bond motifs is 9. The average molecular weight is 918 g/mol. The highest BCUT2D eigenvalue weighted by Crippen LogP contribution is 2.67. The van der Waals surface area contributed by atoms with E-state index in [0.29, 0.717) is 0 Å². The highest BCUT2D eigenvalue weighted by Gasteiger charge is 2.63. The number of hydrogen-bond acceptors (Lipinski definition) is 3. The number of para-hydroxylation sites is 3. The molecule has 0 saturated carbocycles. The molecule has 4 aliphatic rings. The molecule has 9 aromatic rings. The van der Waals surface area contributed by atoms with Crippen LogP contribution in [0.25, 0.3) is 11.1 Å². The molecule has 1 aliphatic carbocycles. The summed E-state index contributed by atoms with van der Waals surface area (Å²) in [4.78, 5) is 7.97. The summed E-state index contributed by atoms with van der Waals surface area (Å²) >= 11 is 0. The average Bonchev–Trinajstić information content (AvgIpc) is 3.65. The molecule has 0 bridgehead atoms. The Kier molecular flexibility index (Phi) is 9.63. The summed E-state index contributed by atoms with van der Waals surface area (Å²) in [6, 6.07) is 81.1. The Balaban J connectivity index is 1.18. The van der Waals surface area contributed by atoms with Gasteiger partial charge in [-0.2, -0.15) is 0 Å². The Morgan fingerprint density at radius 3 is 1.63 bits per heavy atom. The minimum absolute atomic E-state index is 0.00120. The second kappa shape index (κ2) is 15.7. The van der Waals surface area contributed by atoms with Crippen molar-refractivity contribution in [1.29, 1.82) is 0 Å². The highest BCUT2D eigenvalue weighted by molar-refractivity contribution is 7.00. The van der Waals surface area contributed by atoms with E-state index in [9.17, 15) is 0 Å². The Bertz CT molecular complexity index is 3550. The van der Waals surface area contributed by atoms with Crippen LogP contribution in [-0.4, -0.2) is 6.71 Å². The van der Waals surface area contributed by atoms with Crippen molar-refractivity contribution in [3.05, 3.63) is 246 Å². The maximum Gasteiger partial charge on any atom is 0.252 e. The van der Waals surface area contributed by atoms with Gasteiger partial charge in [0.15, 0.2) is 0 Å². The fraction of sp³-hybridized carbons (Fsp3) is 0.194.